The van der Waals surface area contributed by atoms with Gasteiger partial charge in [-0.15, -0.1) is 0 Å². The van der Waals surface area contributed by atoms with Crippen molar-refractivity contribution < 1.29 is 24.0 Å². The lowest BCUT2D eigenvalue weighted by Crippen LogP contribution is -2.67. The van der Waals surface area contributed by atoms with Gasteiger partial charge in [-0.3, -0.25) is 4.98 Å². The molecular formula is C24H40N4O5S. The molecule has 9 nitrogen and oxygen atoms in total. The highest BCUT2D eigenvalue weighted by molar-refractivity contribution is 7.80. The van der Waals surface area contributed by atoms with E-state index in [1.54, 1.807) is 12.4 Å². The van der Waals surface area contributed by atoms with Crippen LogP contribution in [0.25, 0.3) is 0 Å². The molecule has 0 radical (unpaired) electrons. The summed E-state index contributed by atoms with van der Waals surface area (Å²) in [7, 11) is 0. The smallest absolute Gasteiger partial charge is 0.329 e. The van der Waals surface area contributed by atoms with Crippen LogP contribution in [0.3, 0.4) is 0 Å². The van der Waals surface area contributed by atoms with E-state index >= 15 is 0 Å². The van der Waals surface area contributed by atoms with Crippen molar-refractivity contribution in [2.45, 2.75) is 71.1 Å². The molecule has 3 aliphatic rings. The highest BCUT2D eigenvalue weighted by Gasteiger charge is 2.60. The molecule has 3 fully saturated rings. The van der Waals surface area contributed by atoms with Crippen LogP contribution in [0.2, 0.25) is 0 Å². The molecule has 3 aliphatic heterocycles. The zero-order valence-electron chi connectivity index (χ0n) is 20.9. The lowest BCUT2D eigenvalue weighted by atomic mass is 9.96. The summed E-state index contributed by atoms with van der Waals surface area (Å²) in [6.07, 6.45) is 6.59. The molecule has 10 heteroatoms. The topological polar surface area (TPSA) is 107 Å². The fourth-order valence-electron chi connectivity index (χ4n) is 4.86. The van der Waals surface area contributed by atoms with Crippen molar-refractivity contribution in [2.75, 3.05) is 32.8 Å². The predicted octanol–water partition coefficient (Wildman–Crippen LogP) is 2.32. The van der Waals surface area contributed by atoms with E-state index in [2.05, 4.69) is 16.5 Å². The van der Waals surface area contributed by atoms with E-state index in [9.17, 15) is 9.00 Å². The van der Waals surface area contributed by atoms with E-state index in [0.717, 1.165) is 37.3 Å². The number of esters is 1. The number of aromatic nitrogens is 1. The van der Waals surface area contributed by atoms with Gasteiger partial charge in [-0.25, -0.2) is 13.3 Å². The largest absolute Gasteiger partial charge is 0.490 e. The van der Waals surface area contributed by atoms with Crippen LogP contribution in [0.4, 0.5) is 0 Å². The summed E-state index contributed by atoms with van der Waals surface area (Å²) in [5, 5.41) is 0. The van der Waals surface area contributed by atoms with Gasteiger partial charge >= 0.3 is 5.97 Å². The van der Waals surface area contributed by atoms with Gasteiger partial charge in [-0.1, -0.05) is 20.4 Å². The quantitative estimate of drug-likeness (QED) is 0.536. The highest BCUT2D eigenvalue weighted by atomic mass is 32.2. The molecule has 4 heterocycles. The van der Waals surface area contributed by atoms with Gasteiger partial charge in [0.25, 0.3) is 0 Å². The molecule has 192 valence electrons. The number of rotatable bonds is 7. The van der Waals surface area contributed by atoms with Gasteiger partial charge in [0.05, 0.1) is 6.61 Å². The molecular weight excluding hydrogens is 456 g/mol. The molecule has 0 aromatic carbocycles. The molecule has 2 N–H and O–H groups in total. The van der Waals surface area contributed by atoms with Crippen LogP contribution >= 0.6 is 0 Å². The second-order valence-electron chi connectivity index (χ2n) is 8.55. The van der Waals surface area contributed by atoms with Gasteiger partial charge in [0, 0.05) is 50.3 Å². The monoisotopic (exact) mass is 496 g/mol. The van der Waals surface area contributed by atoms with E-state index < -0.39 is 16.7 Å². The second-order valence-corrected chi connectivity index (χ2v) is 9.92. The Morgan fingerprint density at radius 1 is 1.24 bits per heavy atom. The number of piperidine rings is 1. The third kappa shape index (κ3) is 5.79. The minimum atomic E-state index is -1.40. The maximum absolute atomic E-state index is 13.7. The third-order valence-electron chi connectivity index (χ3n) is 6.47. The summed E-state index contributed by atoms with van der Waals surface area (Å²) >= 11 is -1.40. The summed E-state index contributed by atoms with van der Waals surface area (Å²) in [6, 6.07) is 3.75. The molecule has 0 amide bonds. The number of hydrogen-bond acceptors (Lipinski definition) is 6. The van der Waals surface area contributed by atoms with Crippen LogP contribution in [0.1, 0.15) is 53.4 Å². The normalized spacial score (nSPS) is 26.0. The van der Waals surface area contributed by atoms with Crippen LogP contribution in [0.15, 0.2) is 36.8 Å². The van der Waals surface area contributed by atoms with Crippen LogP contribution < -0.4 is 4.74 Å². The van der Waals surface area contributed by atoms with Crippen molar-refractivity contribution >= 4 is 17.1 Å². The molecule has 4 rings (SSSR count). The molecule has 1 aromatic heterocycles. The summed E-state index contributed by atoms with van der Waals surface area (Å²) in [5.74, 6) is 0.539. The van der Waals surface area contributed by atoms with E-state index in [4.69, 9.17) is 9.47 Å². The first-order valence-electron chi connectivity index (χ1n) is 12.1. The molecule has 3 unspecified atom stereocenters. The first-order valence-corrected chi connectivity index (χ1v) is 13.1. The Hall–Kier alpha value is -2.01. The number of nitrogens with zero attached hydrogens (tertiary/aromatic N) is 4. The van der Waals surface area contributed by atoms with Crippen molar-refractivity contribution in [1.82, 2.24) is 18.5 Å². The molecule has 1 aromatic rings. The average Bonchev–Trinajstić information content (AvgIpc) is 3.07. The van der Waals surface area contributed by atoms with Gasteiger partial charge in [0.2, 0.25) is 0 Å². The SMILES string of the molecule is C=C(C)N1CC2CCC(C(=O)OCC)(C1)N2S(=O)N1CCC(Oc2ccncc2)CC1.CC.O. The van der Waals surface area contributed by atoms with Gasteiger partial charge in [-0.2, -0.15) is 4.31 Å². The predicted molar refractivity (Wildman–Crippen MR) is 133 cm³/mol. The van der Waals surface area contributed by atoms with E-state index in [-0.39, 0.29) is 23.6 Å². The van der Waals surface area contributed by atoms with Gasteiger partial charge in [-0.05, 0) is 51.7 Å². The zero-order valence-corrected chi connectivity index (χ0v) is 21.7. The van der Waals surface area contributed by atoms with Crippen molar-refractivity contribution in [2.24, 2.45) is 0 Å². The van der Waals surface area contributed by atoms with Gasteiger partial charge in [0.1, 0.15) is 17.4 Å². The Kier molecular flexibility index (Phi) is 10.5. The maximum Gasteiger partial charge on any atom is 0.329 e. The number of allylic oxidation sites excluding steroid dienone is 1. The molecule has 3 saturated heterocycles. The molecule has 0 aliphatic carbocycles. The van der Waals surface area contributed by atoms with E-state index in [1.807, 2.05) is 48.4 Å². The van der Waals surface area contributed by atoms with Crippen molar-refractivity contribution in [3.8, 4) is 5.75 Å². The van der Waals surface area contributed by atoms with Gasteiger partial charge in [0.15, 0.2) is 11.2 Å². The second kappa shape index (κ2) is 12.6. The Morgan fingerprint density at radius 2 is 1.88 bits per heavy atom. The Labute approximate surface area is 206 Å². The fourth-order valence-corrected chi connectivity index (χ4v) is 6.58. The number of carbonyl (C=O) groups excluding carboxylic acids is 1. The summed E-state index contributed by atoms with van der Waals surface area (Å²) in [4.78, 5) is 19.3. The van der Waals surface area contributed by atoms with E-state index in [1.165, 1.54) is 0 Å². The molecule has 34 heavy (non-hydrogen) atoms. The number of likely N-dealkylation sites (tertiary alicyclic amines) is 1. The number of piperazine rings is 1. The minimum absolute atomic E-state index is 0. The van der Waals surface area contributed by atoms with Gasteiger partial charge < -0.3 is 19.8 Å². The number of fused-ring (bicyclic) bond motifs is 2. The molecule has 2 bridgehead atoms. The van der Waals surface area contributed by atoms with Crippen LogP contribution in [-0.2, 0) is 20.7 Å². The lowest BCUT2D eigenvalue weighted by molar-refractivity contribution is -0.156. The van der Waals surface area contributed by atoms with Crippen LogP contribution in [-0.4, -0.2) is 84.6 Å². The Balaban J connectivity index is 0.00000133. The van der Waals surface area contributed by atoms with Crippen molar-refractivity contribution in [3.05, 3.63) is 36.8 Å². The summed E-state index contributed by atoms with van der Waals surface area (Å²) < 4.78 is 29.2. The first-order chi connectivity index (χ1) is 15.9. The van der Waals surface area contributed by atoms with E-state index in [0.29, 0.717) is 32.7 Å². The first kappa shape index (κ1) is 28.2. The van der Waals surface area contributed by atoms with Crippen LogP contribution in [0, 0.1) is 0 Å². The zero-order chi connectivity index (χ0) is 24.0. The summed E-state index contributed by atoms with van der Waals surface area (Å²) in [6.45, 7) is 14.7. The maximum atomic E-state index is 13.7. The average molecular weight is 497 g/mol. The number of ether oxygens (including phenoxy) is 2. The molecule has 0 spiro atoms. The Bertz CT molecular complexity index is 834. The van der Waals surface area contributed by atoms with Crippen molar-refractivity contribution in [1.29, 1.82) is 0 Å². The standard InChI is InChI=1S/C22H32N4O4S.C2H6.H2O/c1-4-29-21(27)22-10-5-18(15-24(16-22)17(2)3)26(22)31(28)25-13-8-20(9-14-25)30-19-6-11-23-12-7-19;1-2;/h6-7,11-12,18,20H,2,4-5,8-10,13-16H2,1,3H3;1-2H3;1H2. The fraction of sp³-hybridized carbons (Fsp3) is 0.667. The molecule has 3 atom stereocenters. The lowest BCUT2D eigenvalue weighted by Gasteiger charge is -2.48. The number of carbonyl (C=O) groups is 1. The summed E-state index contributed by atoms with van der Waals surface area (Å²) in [5.41, 5.74) is 0.0488. The van der Waals surface area contributed by atoms with Crippen LogP contribution in [0.5, 0.6) is 5.75 Å². The number of pyridine rings is 1. The minimum Gasteiger partial charge on any atom is -0.490 e. The van der Waals surface area contributed by atoms with Crippen molar-refractivity contribution in [3.63, 3.8) is 0 Å². The number of hydrogen-bond donors (Lipinski definition) is 0. The third-order valence-corrected chi connectivity index (χ3v) is 8.26. The molecule has 0 saturated carbocycles. The highest BCUT2D eigenvalue weighted by Crippen LogP contribution is 2.43. The Morgan fingerprint density at radius 3 is 2.47 bits per heavy atom.